The van der Waals surface area contributed by atoms with Crippen LogP contribution in [0.2, 0.25) is 0 Å². The summed E-state index contributed by atoms with van der Waals surface area (Å²) in [6.45, 7) is 3.47. The van der Waals surface area contributed by atoms with E-state index in [1.807, 2.05) is 19.3 Å². The quantitative estimate of drug-likeness (QED) is 0.711. The van der Waals surface area contributed by atoms with E-state index < -0.39 is 0 Å². The molecule has 0 aliphatic heterocycles. The predicted octanol–water partition coefficient (Wildman–Crippen LogP) is 1.66. The van der Waals surface area contributed by atoms with Gasteiger partial charge in [0.1, 0.15) is 0 Å². The number of pyridine rings is 1. The van der Waals surface area contributed by atoms with Crippen molar-refractivity contribution in [3.05, 3.63) is 24.0 Å². The van der Waals surface area contributed by atoms with Gasteiger partial charge in [-0.2, -0.15) is 0 Å². The van der Waals surface area contributed by atoms with Crippen molar-refractivity contribution >= 4 is 5.69 Å². The lowest BCUT2D eigenvalue weighted by Crippen LogP contribution is -2.23. The van der Waals surface area contributed by atoms with Crippen molar-refractivity contribution in [2.45, 2.75) is 19.4 Å². The number of rotatable bonds is 8. The number of nitrogens with one attached hydrogen (secondary N) is 1. The average Bonchev–Trinajstić information content (AvgIpc) is 3.19. The molecule has 1 aromatic heterocycles. The molecule has 100 valence electrons. The fourth-order valence-corrected chi connectivity index (χ4v) is 1.85. The van der Waals surface area contributed by atoms with E-state index >= 15 is 0 Å². The minimum absolute atomic E-state index is 0.802. The summed E-state index contributed by atoms with van der Waals surface area (Å²) in [5.41, 5.74) is 2.27. The number of aromatic nitrogens is 1. The van der Waals surface area contributed by atoms with Crippen LogP contribution in [-0.2, 0) is 11.3 Å². The van der Waals surface area contributed by atoms with E-state index in [0.29, 0.717) is 0 Å². The van der Waals surface area contributed by atoms with Crippen molar-refractivity contribution in [1.82, 2.24) is 10.3 Å². The van der Waals surface area contributed by atoms with Gasteiger partial charge in [0, 0.05) is 38.6 Å². The third-order valence-corrected chi connectivity index (χ3v) is 3.22. The molecule has 0 amide bonds. The molecule has 0 radical (unpaired) electrons. The lowest BCUT2D eigenvalue weighted by molar-refractivity contribution is 0.131. The maximum atomic E-state index is 5.66. The largest absolute Gasteiger partial charge is 0.379 e. The standard InChI is InChI=1S/C14H23N3O/c1-15-10-13-9-14(5-6-16-13)17(2)7-8-18-11-12-3-4-12/h5-6,9,12,15H,3-4,7-8,10-11H2,1-2H3. The third kappa shape index (κ3) is 4.27. The van der Waals surface area contributed by atoms with E-state index in [0.717, 1.165) is 37.9 Å². The molecular formula is C14H23N3O. The second-order valence-corrected chi connectivity index (χ2v) is 4.98. The van der Waals surface area contributed by atoms with Crippen LogP contribution in [0.1, 0.15) is 18.5 Å². The Morgan fingerprint density at radius 3 is 3.06 bits per heavy atom. The first-order valence-corrected chi connectivity index (χ1v) is 6.68. The average molecular weight is 249 g/mol. The van der Waals surface area contributed by atoms with Gasteiger partial charge >= 0.3 is 0 Å². The first-order valence-electron chi connectivity index (χ1n) is 6.68. The second kappa shape index (κ2) is 6.71. The van der Waals surface area contributed by atoms with Crippen LogP contribution < -0.4 is 10.2 Å². The van der Waals surface area contributed by atoms with Crippen LogP contribution in [0.5, 0.6) is 0 Å². The van der Waals surface area contributed by atoms with Gasteiger partial charge in [0.25, 0.3) is 0 Å². The fraction of sp³-hybridized carbons (Fsp3) is 0.643. The zero-order valence-corrected chi connectivity index (χ0v) is 11.4. The molecule has 18 heavy (non-hydrogen) atoms. The van der Waals surface area contributed by atoms with Gasteiger partial charge < -0.3 is 15.0 Å². The molecule has 1 aromatic rings. The molecule has 1 N–H and O–H groups in total. The summed E-state index contributed by atoms with van der Waals surface area (Å²) in [5.74, 6) is 0.846. The molecule has 1 heterocycles. The Morgan fingerprint density at radius 1 is 1.50 bits per heavy atom. The van der Waals surface area contributed by atoms with Crippen LogP contribution in [-0.4, -0.2) is 38.8 Å². The molecule has 4 nitrogen and oxygen atoms in total. The van der Waals surface area contributed by atoms with Gasteiger partial charge in [0.2, 0.25) is 0 Å². The number of nitrogens with zero attached hydrogens (tertiary/aromatic N) is 2. The molecule has 0 spiro atoms. The number of hydrogen-bond donors (Lipinski definition) is 1. The number of likely N-dealkylation sites (N-methyl/N-ethyl adjacent to an activating group) is 1. The van der Waals surface area contributed by atoms with Crippen molar-refractivity contribution in [3.63, 3.8) is 0 Å². The first-order chi connectivity index (χ1) is 8.79. The second-order valence-electron chi connectivity index (χ2n) is 4.98. The Labute approximate surface area is 109 Å². The highest BCUT2D eigenvalue weighted by molar-refractivity contribution is 5.45. The molecular weight excluding hydrogens is 226 g/mol. The molecule has 4 heteroatoms. The summed E-state index contributed by atoms with van der Waals surface area (Å²) < 4.78 is 5.66. The van der Waals surface area contributed by atoms with Gasteiger partial charge in [0.05, 0.1) is 12.3 Å². The molecule has 0 aromatic carbocycles. The Bertz CT molecular complexity index is 366. The highest BCUT2D eigenvalue weighted by atomic mass is 16.5. The van der Waals surface area contributed by atoms with E-state index in [9.17, 15) is 0 Å². The van der Waals surface area contributed by atoms with Crippen molar-refractivity contribution in [1.29, 1.82) is 0 Å². The SMILES string of the molecule is CNCc1cc(N(C)CCOCC2CC2)ccn1. The normalized spacial score (nSPS) is 14.8. The summed E-state index contributed by atoms with van der Waals surface area (Å²) in [5, 5.41) is 3.12. The van der Waals surface area contributed by atoms with Gasteiger partial charge in [-0.05, 0) is 37.9 Å². The van der Waals surface area contributed by atoms with E-state index in [1.165, 1.54) is 18.5 Å². The lowest BCUT2D eigenvalue weighted by atomic mass is 10.3. The van der Waals surface area contributed by atoms with E-state index in [-0.39, 0.29) is 0 Å². The van der Waals surface area contributed by atoms with E-state index in [4.69, 9.17) is 4.74 Å². The van der Waals surface area contributed by atoms with Crippen LogP contribution >= 0.6 is 0 Å². The summed E-state index contributed by atoms with van der Waals surface area (Å²) in [6.07, 6.45) is 4.57. The minimum atomic E-state index is 0.802. The van der Waals surface area contributed by atoms with E-state index in [1.54, 1.807) is 0 Å². The lowest BCUT2D eigenvalue weighted by Gasteiger charge is -2.19. The van der Waals surface area contributed by atoms with Gasteiger partial charge in [-0.3, -0.25) is 4.98 Å². The Balaban J connectivity index is 1.75. The van der Waals surface area contributed by atoms with Gasteiger partial charge in [0.15, 0.2) is 0 Å². The van der Waals surface area contributed by atoms with Crippen molar-refractivity contribution in [2.24, 2.45) is 5.92 Å². The topological polar surface area (TPSA) is 37.4 Å². The molecule has 0 saturated heterocycles. The van der Waals surface area contributed by atoms with Gasteiger partial charge in [-0.1, -0.05) is 0 Å². The molecule has 0 bridgehead atoms. The van der Waals surface area contributed by atoms with Crippen LogP contribution in [0.25, 0.3) is 0 Å². The molecule has 0 atom stereocenters. The maximum Gasteiger partial charge on any atom is 0.0641 e. The Hall–Kier alpha value is -1.13. The molecule has 2 rings (SSSR count). The van der Waals surface area contributed by atoms with E-state index in [2.05, 4.69) is 28.3 Å². The van der Waals surface area contributed by atoms with Crippen molar-refractivity contribution < 1.29 is 4.74 Å². The van der Waals surface area contributed by atoms with Gasteiger partial charge in [-0.15, -0.1) is 0 Å². The summed E-state index contributed by atoms with van der Waals surface area (Å²) in [7, 11) is 4.03. The first kappa shape index (κ1) is 13.3. The number of anilines is 1. The maximum absolute atomic E-state index is 5.66. The Kier molecular flexibility index (Phi) is 4.96. The smallest absolute Gasteiger partial charge is 0.0641 e. The summed E-state index contributed by atoms with van der Waals surface area (Å²) >= 11 is 0. The zero-order valence-electron chi connectivity index (χ0n) is 11.4. The fourth-order valence-electron chi connectivity index (χ4n) is 1.85. The molecule has 1 fully saturated rings. The highest BCUT2D eigenvalue weighted by Gasteiger charge is 2.20. The minimum Gasteiger partial charge on any atom is -0.379 e. The van der Waals surface area contributed by atoms with Crippen molar-refractivity contribution in [2.75, 3.05) is 38.8 Å². The van der Waals surface area contributed by atoms with Crippen molar-refractivity contribution in [3.8, 4) is 0 Å². The van der Waals surface area contributed by atoms with Crippen LogP contribution in [0, 0.1) is 5.92 Å². The number of hydrogen-bond acceptors (Lipinski definition) is 4. The Morgan fingerprint density at radius 2 is 2.33 bits per heavy atom. The van der Waals surface area contributed by atoms with Crippen LogP contribution in [0.4, 0.5) is 5.69 Å². The molecule has 1 aliphatic rings. The monoisotopic (exact) mass is 249 g/mol. The molecule has 1 saturated carbocycles. The third-order valence-electron chi connectivity index (χ3n) is 3.22. The summed E-state index contributed by atoms with van der Waals surface area (Å²) in [6, 6.07) is 4.16. The van der Waals surface area contributed by atoms with Gasteiger partial charge in [-0.25, -0.2) is 0 Å². The number of ether oxygens (including phenoxy) is 1. The molecule has 0 unspecified atom stereocenters. The van der Waals surface area contributed by atoms with Crippen LogP contribution in [0.15, 0.2) is 18.3 Å². The van der Waals surface area contributed by atoms with Crippen LogP contribution in [0.3, 0.4) is 0 Å². The zero-order chi connectivity index (χ0) is 12.8. The summed E-state index contributed by atoms with van der Waals surface area (Å²) in [4.78, 5) is 6.54. The predicted molar refractivity (Wildman–Crippen MR) is 73.8 cm³/mol. The highest BCUT2D eigenvalue weighted by Crippen LogP contribution is 2.28. The molecule has 1 aliphatic carbocycles.